The van der Waals surface area contributed by atoms with E-state index in [0.717, 1.165) is 51.4 Å². The fourth-order valence-corrected chi connectivity index (χ4v) is 3.42. The van der Waals surface area contributed by atoms with Crippen molar-refractivity contribution < 1.29 is 4.79 Å². The minimum atomic E-state index is 0.172. The van der Waals surface area contributed by atoms with Gasteiger partial charge in [0.2, 0.25) is 5.91 Å². The number of aromatic nitrogens is 1. The maximum Gasteiger partial charge on any atom is 0.219 e. The highest BCUT2D eigenvalue weighted by Crippen LogP contribution is 2.36. The molecule has 1 aromatic rings. The standard InChI is InChI=1S/C16H24N4O/c1-13(21)20-8-4-6-15(20)14-5-3-7-17-16(14)19-11-9-18(2)10-12-19/h3,5,7,15H,4,6,8-12H2,1-2H3/t15-/m1/s1. The summed E-state index contributed by atoms with van der Waals surface area (Å²) in [6.45, 7) is 6.69. The van der Waals surface area contributed by atoms with Gasteiger partial charge in [0.05, 0.1) is 6.04 Å². The van der Waals surface area contributed by atoms with Crippen LogP contribution in [0.2, 0.25) is 0 Å². The molecular formula is C16H24N4O. The van der Waals surface area contributed by atoms with Crippen LogP contribution in [0.4, 0.5) is 5.82 Å². The van der Waals surface area contributed by atoms with Crippen LogP contribution in [0.3, 0.4) is 0 Å². The van der Waals surface area contributed by atoms with E-state index in [4.69, 9.17) is 0 Å². The number of pyridine rings is 1. The Morgan fingerprint density at radius 1 is 1.24 bits per heavy atom. The summed E-state index contributed by atoms with van der Waals surface area (Å²) in [5, 5.41) is 0. The molecule has 2 saturated heterocycles. The van der Waals surface area contributed by atoms with Gasteiger partial charge in [-0.15, -0.1) is 0 Å². The van der Waals surface area contributed by atoms with E-state index in [-0.39, 0.29) is 11.9 Å². The van der Waals surface area contributed by atoms with Gasteiger partial charge in [0.25, 0.3) is 0 Å². The summed E-state index contributed by atoms with van der Waals surface area (Å²) < 4.78 is 0. The molecule has 0 unspecified atom stereocenters. The molecule has 2 aliphatic rings. The predicted octanol–water partition coefficient (Wildman–Crippen LogP) is 1.52. The Balaban J connectivity index is 1.87. The van der Waals surface area contributed by atoms with Gasteiger partial charge in [0.15, 0.2) is 0 Å². The van der Waals surface area contributed by atoms with E-state index in [1.54, 1.807) is 6.92 Å². The number of hydrogen-bond donors (Lipinski definition) is 0. The van der Waals surface area contributed by atoms with E-state index in [0.29, 0.717) is 0 Å². The summed E-state index contributed by atoms with van der Waals surface area (Å²) in [5.41, 5.74) is 1.22. The quantitative estimate of drug-likeness (QED) is 0.827. The van der Waals surface area contributed by atoms with E-state index in [9.17, 15) is 4.79 Å². The number of nitrogens with zero attached hydrogens (tertiary/aromatic N) is 4. The highest BCUT2D eigenvalue weighted by Gasteiger charge is 2.31. The highest BCUT2D eigenvalue weighted by molar-refractivity contribution is 5.74. The molecule has 5 heteroatoms. The van der Waals surface area contributed by atoms with Crippen molar-refractivity contribution in [1.29, 1.82) is 0 Å². The van der Waals surface area contributed by atoms with Crippen LogP contribution >= 0.6 is 0 Å². The van der Waals surface area contributed by atoms with Gasteiger partial charge in [-0.2, -0.15) is 0 Å². The molecule has 0 bridgehead atoms. The van der Waals surface area contributed by atoms with Crippen LogP contribution in [0.5, 0.6) is 0 Å². The average Bonchev–Trinajstić information content (AvgIpc) is 2.98. The lowest BCUT2D eigenvalue weighted by molar-refractivity contribution is -0.129. The van der Waals surface area contributed by atoms with E-state index >= 15 is 0 Å². The van der Waals surface area contributed by atoms with Crippen molar-refractivity contribution in [3.8, 4) is 0 Å². The van der Waals surface area contributed by atoms with Gasteiger partial charge in [-0.1, -0.05) is 6.07 Å². The summed E-state index contributed by atoms with van der Waals surface area (Å²) in [6, 6.07) is 4.34. The largest absolute Gasteiger partial charge is 0.354 e. The van der Waals surface area contributed by atoms with Crippen LogP contribution in [0.15, 0.2) is 18.3 Å². The van der Waals surface area contributed by atoms with Gasteiger partial charge in [-0.3, -0.25) is 4.79 Å². The molecule has 114 valence electrons. The molecule has 0 saturated carbocycles. The van der Waals surface area contributed by atoms with Crippen LogP contribution in [-0.2, 0) is 4.79 Å². The Morgan fingerprint density at radius 2 is 2.00 bits per heavy atom. The van der Waals surface area contributed by atoms with Gasteiger partial charge in [0, 0.05) is 51.4 Å². The zero-order valence-electron chi connectivity index (χ0n) is 13.0. The van der Waals surface area contributed by atoms with Crippen LogP contribution in [-0.4, -0.2) is 60.5 Å². The predicted molar refractivity (Wildman–Crippen MR) is 83.3 cm³/mol. The number of hydrogen-bond acceptors (Lipinski definition) is 4. The maximum absolute atomic E-state index is 11.8. The zero-order valence-corrected chi connectivity index (χ0v) is 13.0. The van der Waals surface area contributed by atoms with Gasteiger partial charge >= 0.3 is 0 Å². The van der Waals surface area contributed by atoms with E-state index in [1.807, 2.05) is 17.2 Å². The molecule has 0 spiro atoms. The molecule has 2 aliphatic heterocycles. The third kappa shape index (κ3) is 2.88. The van der Waals surface area contributed by atoms with E-state index in [1.165, 1.54) is 5.56 Å². The molecule has 0 N–H and O–H groups in total. The normalized spacial score (nSPS) is 23.6. The lowest BCUT2D eigenvalue weighted by Gasteiger charge is -2.35. The van der Waals surface area contributed by atoms with Crippen molar-refractivity contribution >= 4 is 11.7 Å². The van der Waals surface area contributed by atoms with Crippen molar-refractivity contribution in [3.63, 3.8) is 0 Å². The first kappa shape index (κ1) is 14.3. The first-order valence-corrected chi connectivity index (χ1v) is 7.82. The first-order valence-electron chi connectivity index (χ1n) is 7.82. The third-order valence-corrected chi connectivity index (χ3v) is 4.64. The lowest BCUT2D eigenvalue weighted by Crippen LogP contribution is -2.45. The van der Waals surface area contributed by atoms with Crippen LogP contribution in [0.1, 0.15) is 31.4 Å². The molecule has 1 atom stereocenters. The number of rotatable bonds is 2. The Hall–Kier alpha value is -1.62. The van der Waals surface area contributed by atoms with Crippen LogP contribution in [0, 0.1) is 0 Å². The highest BCUT2D eigenvalue weighted by atomic mass is 16.2. The lowest BCUT2D eigenvalue weighted by atomic mass is 10.0. The number of carbonyl (C=O) groups excluding carboxylic acids is 1. The summed E-state index contributed by atoms with van der Waals surface area (Å²) in [4.78, 5) is 23.2. The summed E-state index contributed by atoms with van der Waals surface area (Å²) >= 11 is 0. The van der Waals surface area contributed by atoms with Crippen molar-refractivity contribution in [2.75, 3.05) is 44.7 Å². The Labute approximate surface area is 126 Å². The second-order valence-electron chi connectivity index (χ2n) is 6.08. The molecule has 1 amide bonds. The van der Waals surface area contributed by atoms with Crippen molar-refractivity contribution in [3.05, 3.63) is 23.9 Å². The Morgan fingerprint density at radius 3 is 2.71 bits per heavy atom. The fourth-order valence-electron chi connectivity index (χ4n) is 3.42. The van der Waals surface area contributed by atoms with Crippen LogP contribution < -0.4 is 4.90 Å². The molecule has 3 rings (SSSR count). The summed E-state index contributed by atoms with van der Waals surface area (Å²) in [7, 11) is 2.16. The molecule has 5 nitrogen and oxygen atoms in total. The first-order chi connectivity index (χ1) is 10.2. The minimum Gasteiger partial charge on any atom is -0.354 e. The van der Waals surface area contributed by atoms with Gasteiger partial charge < -0.3 is 14.7 Å². The van der Waals surface area contributed by atoms with Crippen LogP contribution in [0.25, 0.3) is 0 Å². The van der Waals surface area contributed by atoms with E-state index in [2.05, 4.69) is 27.9 Å². The summed E-state index contributed by atoms with van der Waals surface area (Å²) in [5.74, 6) is 1.24. The number of amides is 1. The van der Waals surface area contributed by atoms with Crippen molar-refractivity contribution in [2.45, 2.75) is 25.8 Å². The van der Waals surface area contributed by atoms with Crippen molar-refractivity contribution in [1.82, 2.24) is 14.8 Å². The van der Waals surface area contributed by atoms with Gasteiger partial charge in [-0.25, -0.2) is 4.98 Å². The number of piperazine rings is 1. The monoisotopic (exact) mass is 288 g/mol. The second-order valence-corrected chi connectivity index (χ2v) is 6.08. The zero-order chi connectivity index (χ0) is 14.8. The second kappa shape index (κ2) is 6.02. The molecule has 21 heavy (non-hydrogen) atoms. The SMILES string of the molecule is CC(=O)N1CCC[C@@H]1c1cccnc1N1CCN(C)CC1. The molecule has 0 aromatic carbocycles. The molecule has 0 radical (unpaired) electrons. The number of anilines is 1. The molecular weight excluding hydrogens is 264 g/mol. The smallest absolute Gasteiger partial charge is 0.219 e. The number of carbonyl (C=O) groups is 1. The Kier molecular flexibility index (Phi) is 4.10. The van der Waals surface area contributed by atoms with E-state index < -0.39 is 0 Å². The topological polar surface area (TPSA) is 39.7 Å². The molecule has 2 fully saturated rings. The third-order valence-electron chi connectivity index (χ3n) is 4.64. The minimum absolute atomic E-state index is 0.172. The molecule has 3 heterocycles. The fraction of sp³-hybridized carbons (Fsp3) is 0.625. The van der Waals surface area contributed by atoms with Crippen molar-refractivity contribution in [2.24, 2.45) is 0 Å². The molecule has 1 aromatic heterocycles. The summed E-state index contributed by atoms with van der Waals surface area (Å²) in [6.07, 6.45) is 4.00. The number of likely N-dealkylation sites (N-methyl/N-ethyl adjacent to an activating group) is 1. The average molecular weight is 288 g/mol. The number of likely N-dealkylation sites (tertiary alicyclic amines) is 1. The maximum atomic E-state index is 11.8. The Bertz CT molecular complexity index is 511. The molecule has 0 aliphatic carbocycles. The van der Waals surface area contributed by atoms with Gasteiger partial charge in [-0.05, 0) is 26.0 Å². The van der Waals surface area contributed by atoms with Gasteiger partial charge in [0.1, 0.15) is 5.82 Å².